The molecule has 0 aliphatic rings. The summed E-state index contributed by atoms with van der Waals surface area (Å²) in [6.45, 7) is 0. The average molecular weight is 180 g/mol. The van der Waals surface area contributed by atoms with Gasteiger partial charge >= 0.3 is 5.71 Å². The van der Waals surface area contributed by atoms with E-state index in [0.29, 0.717) is 4.88 Å². The number of hydrogen-bond donors (Lipinski definition) is 0. The summed E-state index contributed by atoms with van der Waals surface area (Å²) in [4.78, 5) is 24.3. The Labute approximate surface area is 72.1 Å². The van der Waals surface area contributed by atoms with Gasteiger partial charge < -0.3 is 5.53 Å². The molecule has 0 unspecified atom stereocenters. The summed E-state index contributed by atoms with van der Waals surface area (Å²) in [5.74, 6) is -0.553. The van der Waals surface area contributed by atoms with Crippen LogP contribution in [0, 0.1) is 0 Å². The van der Waals surface area contributed by atoms with E-state index in [1.54, 1.807) is 17.5 Å². The van der Waals surface area contributed by atoms with Gasteiger partial charge in [0, 0.05) is 0 Å². The number of aldehydes is 1. The van der Waals surface area contributed by atoms with Crippen LogP contribution in [0.15, 0.2) is 17.5 Å². The number of nitrogens with zero attached hydrogens (tertiary/aromatic N) is 2. The molecule has 1 heterocycles. The molecule has 1 aromatic rings. The minimum atomic E-state index is -0.553. The summed E-state index contributed by atoms with van der Waals surface area (Å²) in [5.41, 5.74) is 7.76. The van der Waals surface area contributed by atoms with Crippen LogP contribution < -0.4 is 0 Å². The molecule has 0 aliphatic heterocycles. The lowest BCUT2D eigenvalue weighted by Crippen LogP contribution is -2.15. The summed E-state index contributed by atoms with van der Waals surface area (Å²) in [7, 11) is 0. The van der Waals surface area contributed by atoms with Gasteiger partial charge in [-0.2, -0.15) is 4.79 Å². The number of hydrogen-bond acceptors (Lipinski definition) is 3. The van der Waals surface area contributed by atoms with Crippen molar-refractivity contribution in [3.05, 3.63) is 27.9 Å². The Kier molecular flexibility index (Phi) is 2.63. The number of thiophene rings is 1. The molecule has 0 N–H and O–H groups in total. The molecule has 60 valence electrons. The van der Waals surface area contributed by atoms with Gasteiger partial charge in [-0.1, -0.05) is 6.07 Å². The molecule has 0 aliphatic carbocycles. The van der Waals surface area contributed by atoms with Crippen LogP contribution in [0.3, 0.4) is 0 Å². The van der Waals surface area contributed by atoms with Crippen molar-refractivity contribution >= 4 is 29.1 Å². The molecule has 0 fully saturated rings. The second-order valence-electron chi connectivity index (χ2n) is 1.91. The summed E-state index contributed by atoms with van der Waals surface area (Å²) in [6, 6.07) is 3.24. The highest BCUT2D eigenvalue weighted by Gasteiger charge is 2.21. The van der Waals surface area contributed by atoms with Gasteiger partial charge in [0.15, 0.2) is 0 Å². The Morgan fingerprint density at radius 1 is 1.67 bits per heavy atom. The van der Waals surface area contributed by atoms with E-state index in [-0.39, 0.29) is 6.29 Å². The van der Waals surface area contributed by atoms with Crippen molar-refractivity contribution < 1.29 is 14.4 Å². The highest BCUT2D eigenvalue weighted by atomic mass is 32.1. The van der Waals surface area contributed by atoms with Crippen LogP contribution in [0.25, 0.3) is 5.53 Å². The summed E-state index contributed by atoms with van der Waals surface area (Å²) in [6.07, 6.45) is 0.224. The van der Waals surface area contributed by atoms with Gasteiger partial charge in [0.05, 0.1) is 4.88 Å². The molecule has 0 aromatic carbocycles. The topological polar surface area (TPSA) is 70.5 Å². The molecule has 0 radical (unpaired) electrons. The van der Waals surface area contributed by atoms with E-state index >= 15 is 0 Å². The lowest BCUT2D eigenvalue weighted by molar-refractivity contribution is -0.106. The average Bonchev–Trinajstić information content (AvgIpc) is 2.58. The first-order valence-electron chi connectivity index (χ1n) is 3.05. The number of Topliss-reactive ketones (excluding diaryl/α,β-unsaturated/α-hetero) is 1. The van der Waals surface area contributed by atoms with Crippen LogP contribution in [0.2, 0.25) is 0 Å². The highest BCUT2D eigenvalue weighted by Crippen LogP contribution is 2.08. The van der Waals surface area contributed by atoms with E-state index < -0.39 is 11.5 Å². The van der Waals surface area contributed by atoms with Gasteiger partial charge in [-0.3, -0.25) is 9.59 Å². The van der Waals surface area contributed by atoms with Crippen molar-refractivity contribution in [3.8, 4) is 0 Å². The predicted molar refractivity (Wildman–Crippen MR) is 43.3 cm³/mol. The van der Waals surface area contributed by atoms with E-state index in [0.717, 1.165) is 0 Å². The van der Waals surface area contributed by atoms with Crippen LogP contribution in [0.1, 0.15) is 9.67 Å². The molecule has 1 rings (SSSR count). The Bertz CT molecular complexity index is 349. The first-order chi connectivity index (χ1) is 5.79. The molecule has 0 atom stereocenters. The quantitative estimate of drug-likeness (QED) is 0.172. The molecule has 1 aromatic heterocycles. The third-order valence-electron chi connectivity index (χ3n) is 1.20. The lowest BCUT2D eigenvalue weighted by atomic mass is 10.2. The molecular weight excluding hydrogens is 176 g/mol. The second kappa shape index (κ2) is 3.71. The molecular formula is C7H4N2O2S. The van der Waals surface area contributed by atoms with Gasteiger partial charge in [-0.15, -0.1) is 11.3 Å². The minimum Gasteiger partial charge on any atom is -0.360 e. The molecule has 5 heteroatoms. The number of ketones is 1. The monoisotopic (exact) mass is 180 g/mol. The van der Waals surface area contributed by atoms with E-state index in [1.165, 1.54) is 11.3 Å². The van der Waals surface area contributed by atoms with Crippen LogP contribution >= 0.6 is 11.3 Å². The van der Waals surface area contributed by atoms with E-state index in [9.17, 15) is 9.59 Å². The van der Waals surface area contributed by atoms with E-state index in [1.807, 2.05) is 0 Å². The maximum absolute atomic E-state index is 11.2. The zero-order valence-electron chi connectivity index (χ0n) is 5.93. The largest absolute Gasteiger partial charge is 0.402 e. The Hall–Kier alpha value is -1.58. The van der Waals surface area contributed by atoms with Gasteiger partial charge in [0.2, 0.25) is 6.29 Å². The fourth-order valence-corrected chi connectivity index (χ4v) is 1.33. The van der Waals surface area contributed by atoms with Gasteiger partial charge in [0.25, 0.3) is 5.78 Å². The molecule has 0 bridgehead atoms. The second-order valence-corrected chi connectivity index (χ2v) is 2.86. The molecule has 0 saturated heterocycles. The van der Waals surface area contributed by atoms with E-state index in [2.05, 4.69) is 4.79 Å². The fourth-order valence-electron chi connectivity index (χ4n) is 0.656. The first kappa shape index (κ1) is 8.52. The first-order valence-corrected chi connectivity index (χ1v) is 3.93. The van der Waals surface area contributed by atoms with Crippen molar-refractivity contribution in [1.82, 2.24) is 0 Å². The summed E-state index contributed by atoms with van der Waals surface area (Å²) in [5, 5.41) is 1.70. The SMILES string of the molecule is [N-]=[N+]=C(C=O)C(=O)c1cccs1. The van der Waals surface area contributed by atoms with E-state index in [4.69, 9.17) is 5.53 Å². The summed E-state index contributed by atoms with van der Waals surface area (Å²) < 4.78 is 0. The number of carbonyl (C=O) groups is 2. The molecule has 0 saturated carbocycles. The highest BCUT2D eigenvalue weighted by molar-refractivity contribution is 7.13. The normalized spacial score (nSPS) is 8.67. The molecule has 4 nitrogen and oxygen atoms in total. The Morgan fingerprint density at radius 2 is 2.42 bits per heavy atom. The zero-order valence-corrected chi connectivity index (χ0v) is 6.75. The summed E-state index contributed by atoms with van der Waals surface area (Å²) >= 11 is 1.19. The van der Waals surface area contributed by atoms with Gasteiger partial charge in [-0.05, 0) is 11.4 Å². The van der Waals surface area contributed by atoms with Crippen LogP contribution in [0.5, 0.6) is 0 Å². The lowest BCUT2D eigenvalue weighted by Gasteiger charge is -1.82. The van der Waals surface area contributed by atoms with Crippen LogP contribution in [-0.4, -0.2) is 22.6 Å². The maximum Gasteiger partial charge on any atom is 0.402 e. The fraction of sp³-hybridized carbons (Fsp3) is 0. The maximum atomic E-state index is 11.2. The number of carbonyl (C=O) groups excluding carboxylic acids is 2. The van der Waals surface area contributed by atoms with Crippen LogP contribution in [0.4, 0.5) is 0 Å². The molecule has 12 heavy (non-hydrogen) atoms. The standard InChI is InChI=1S/C7H4N2O2S/c8-9-5(4-10)7(11)6-2-1-3-12-6/h1-4H. The Morgan fingerprint density at radius 3 is 2.83 bits per heavy atom. The minimum absolute atomic E-state index is 0.224. The van der Waals surface area contributed by atoms with Crippen molar-refractivity contribution in [2.45, 2.75) is 0 Å². The Balaban J connectivity index is 3.00. The molecule has 0 amide bonds. The number of rotatable bonds is 3. The van der Waals surface area contributed by atoms with Crippen molar-refractivity contribution in [2.24, 2.45) is 0 Å². The van der Waals surface area contributed by atoms with Crippen LogP contribution in [-0.2, 0) is 4.79 Å². The molecule has 0 spiro atoms. The van der Waals surface area contributed by atoms with Gasteiger partial charge in [-0.25, -0.2) is 0 Å². The van der Waals surface area contributed by atoms with Crippen molar-refractivity contribution in [1.29, 1.82) is 0 Å². The smallest absolute Gasteiger partial charge is 0.360 e. The zero-order chi connectivity index (χ0) is 8.97. The van der Waals surface area contributed by atoms with Crippen molar-refractivity contribution in [2.75, 3.05) is 0 Å². The third-order valence-corrected chi connectivity index (χ3v) is 2.07. The van der Waals surface area contributed by atoms with Gasteiger partial charge in [0.1, 0.15) is 0 Å². The predicted octanol–water partition coefficient (Wildman–Crippen LogP) is 0.801. The van der Waals surface area contributed by atoms with Crippen molar-refractivity contribution in [3.63, 3.8) is 0 Å². The third kappa shape index (κ3) is 1.53.